The molecule has 0 aromatic carbocycles. The van der Waals surface area contributed by atoms with E-state index in [0.717, 1.165) is 0 Å². The SMILES string of the molecule is COc1ccnc(NC2(C)CCC2)n1. The minimum atomic E-state index is 0.187. The fraction of sp³-hybridized carbons (Fsp3) is 0.600. The summed E-state index contributed by atoms with van der Waals surface area (Å²) in [6.45, 7) is 2.19. The first kappa shape index (κ1) is 9.24. The molecule has 1 saturated carbocycles. The van der Waals surface area contributed by atoms with E-state index in [9.17, 15) is 0 Å². The second kappa shape index (κ2) is 3.44. The van der Waals surface area contributed by atoms with Crippen molar-refractivity contribution in [3.8, 4) is 5.88 Å². The molecule has 0 bridgehead atoms. The van der Waals surface area contributed by atoms with Gasteiger partial charge < -0.3 is 10.1 Å². The highest BCUT2D eigenvalue weighted by Crippen LogP contribution is 2.33. The molecule has 1 aliphatic rings. The largest absolute Gasteiger partial charge is 0.481 e. The molecule has 0 amide bonds. The molecule has 4 nitrogen and oxygen atoms in total. The lowest BCUT2D eigenvalue weighted by molar-refractivity contribution is 0.304. The smallest absolute Gasteiger partial charge is 0.226 e. The van der Waals surface area contributed by atoms with E-state index in [0.29, 0.717) is 11.8 Å². The zero-order valence-electron chi connectivity index (χ0n) is 8.58. The van der Waals surface area contributed by atoms with Crippen LogP contribution in [0.15, 0.2) is 12.3 Å². The second-order valence-corrected chi connectivity index (χ2v) is 3.96. The standard InChI is InChI=1S/C10H15N3O/c1-10(5-3-6-10)13-9-11-7-4-8(12-9)14-2/h4,7H,3,5-6H2,1-2H3,(H,11,12,13). The quantitative estimate of drug-likeness (QED) is 0.795. The van der Waals surface area contributed by atoms with E-state index in [4.69, 9.17) is 4.74 Å². The number of anilines is 1. The van der Waals surface area contributed by atoms with Crippen LogP contribution in [0.4, 0.5) is 5.95 Å². The Kier molecular flexibility index (Phi) is 2.27. The van der Waals surface area contributed by atoms with Crippen LogP contribution in [0.1, 0.15) is 26.2 Å². The van der Waals surface area contributed by atoms with Gasteiger partial charge in [-0.05, 0) is 26.2 Å². The third-order valence-corrected chi connectivity index (χ3v) is 2.71. The van der Waals surface area contributed by atoms with Gasteiger partial charge in [-0.1, -0.05) is 0 Å². The van der Waals surface area contributed by atoms with Crippen molar-refractivity contribution in [3.63, 3.8) is 0 Å². The number of ether oxygens (including phenoxy) is 1. The topological polar surface area (TPSA) is 47.0 Å². The molecule has 1 N–H and O–H groups in total. The molecule has 14 heavy (non-hydrogen) atoms. The van der Waals surface area contributed by atoms with E-state index < -0.39 is 0 Å². The lowest BCUT2D eigenvalue weighted by Gasteiger charge is -2.39. The molecule has 1 fully saturated rings. The van der Waals surface area contributed by atoms with Crippen LogP contribution in [0.2, 0.25) is 0 Å². The molecule has 0 atom stereocenters. The highest BCUT2D eigenvalue weighted by molar-refractivity contribution is 5.32. The molecule has 0 aliphatic heterocycles. The van der Waals surface area contributed by atoms with Crippen molar-refractivity contribution in [1.82, 2.24) is 9.97 Å². The van der Waals surface area contributed by atoms with Gasteiger partial charge >= 0.3 is 0 Å². The summed E-state index contributed by atoms with van der Waals surface area (Å²) < 4.78 is 5.03. The van der Waals surface area contributed by atoms with Crippen molar-refractivity contribution in [2.24, 2.45) is 0 Å². The van der Waals surface area contributed by atoms with Crippen molar-refractivity contribution < 1.29 is 4.74 Å². The Hall–Kier alpha value is -1.32. The summed E-state index contributed by atoms with van der Waals surface area (Å²) in [5, 5.41) is 3.33. The Morgan fingerprint density at radius 2 is 2.29 bits per heavy atom. The van der Waals surface area contributed by atoms with Crippen molar-refractivity contribution in [2.75, 3.05) is 12.4 Å². The Balaban J connectivity index is 2.08. The number of nitrogens with one attached hydrogen (secondary N) is 1. The maximum atomic E-state index is 5.03. The first-order valence-corrected chi connectivity index (χ1v) is 4.87. The van der Waals surface area contributed by atoms with Crippen LogP contribution in [0.3, 0.4) is 0 Å². The third kappa shape index (κ3) is 1.78. The summed E-state index contributed by atoms with van der Waals surface area (Å²) in [7, 11) is 1.61. The lowest BCUT2D eigenvalue weighted by atomic mass is 9.79. The summed E-state index contributed by atoms with van der Waals surface area (Å²) >= 11 is 0. The highest BCUT2D eigenvalue weighted by atomic mass is 16.5. The summed E-state index contributed by atoms with van der Waals surface area (Å²) in [6, 6.07) is 1.74. The molecule has 1 aromatic rings. The van der Waals surface area contributed by atoms with Crippen molar-refractivity contribution in [2.45, 2.75) is 31.7 Å². The number of methoxy groups -OCH3 is 1. The van der Waals surface area contributed by atoms with Gasteiger partial charge in [-0.15, -0.1) is 0 Å². The van der Waals surface area contributed by atoms with Crippen LogP contribution in [-0.2, 0) is 0 Å². The predicted molar refractivity (Wildman–Crippen MR) is 54.5 cm³/mol. The third-order valence-electron chi connectivity index (χ3n) is 2.71. The first-order valence-electron chi connectivity index (χ1n) is 4.87. The fourth-order valence-corrected chi connectivity index (χ4v) is 1.62. The summed E-state index contributed by atoms with van der Waals surface area (Å²) in [4.78, 5) is 8.37. The average molecular weight is 193 g/mol. The van der Waals surface area contributed by atoms with Gasteiger partial charge in [-0.25, -0.2) is 4.98 Å². The number of rotatable bonds is 3. The first-order chi connectivity index (χ1) is 6.72. The maximum absolute atomic E-state index is 5.03. The molecule has 0 saturated heterocycles. The van der Waals surface area contributed by atoms with Gasteiger partial charge in [0.2, 0.25) is 11.8 Å². The lowest BCUT2D eigenvalue weighted by Crippen LogP contribution is -2.42. The van der Waals surface area contributed by atoms with Gasteiger partial charge in [0.05, 0.1) is 7.11 Å². The van der Waals surface area contributed by atoms with Crippen LogP contribution in [0.5, 0.6) is 5.88 Å². The molecule has 1 aliphatic carbocycles. The van der Waals surface area contributed by atoms with E-state index in [1.54, 1.807) is 19.4 Å². The summed E-state index contributed by atoms with van der Waals surface area (Å²) in [5.41, 5.74) is 0.187. The fourth-order valence-electron chi connectivity index (χ4n) is 1.62. The Morgan fingerprint density at radius 1 is 1.50 bits per heavy atom. The van der Waals surface area contributed by atoms with Crippen LogP contribution in [0.25, 0.3) is 0 Å². The molecule has 76 valence electrons. The summed E-state index contributed by atoms with van der Waals surface area (Å²) in [6.07, 6.45) is 5.37. The van der Waals surface area contributed by atoms with Gasteiger partial charge in [0, 0.05) is 17.8 Å². The minimum absolute atomic E-state index is 0.187. The zero-order valence-corrected chi connectivity index (χ0v) is 8.58. The van der Waals surface area contributed by atoms with Crippen molar-refractivity contribution in [1.29, 1.82) is 0 Å². The molecular formula is C10H15N3O. The number of hydrogen-bond donors (Lipinski definition) is 1. The average Bonchev–Trinajstić information content (AvgIpc) is 2.16. The number of aromatic nitrogens is 2. The van der Waals surface area contributed by atoms with E-state index in [-0.39, 0.29) is 5.54 Å². The van der Waals surface area contributed by atoms with Gasteiger partial charge in [0.25, 0.3) is 0 Å². The highest BCUT2D eigenvalue weighted by Gasteiger charge is 2.32. The Labute approximate surface area is 83.7 Å². The normalized spacial score (nSPS) is 18.4. The second-order valence-electron chi connectivity index (χ2n) is 3.96. The molecular weight excluding hydrogens is 178 g/mol. The minimum Gasteiger partial charge on any atom is -0.481 e. The Morgan fingerprint density at radius 3 is 2.86 bits per heavy atom. The molecule has 0 radical (unpaired) electrons. The van der Waals surface area contributed by atoms with Gasteiger partial charge in [0.1, 0.15) is 0 Å². The van der Waals surface area contributed by atoms with Gasteiger partial charge in [-0.2, -0.15) is 4.98 Å². The number of hydrogen-bond acceptors (Lipinski definition) is 4. The summed E-state index contributed by atoms with van der Waals surface area (Å²) in [5.74, 6) is 1.26. The van der Waals surface area contributed by atoms with Crippen LogP contribution < -0.4 is 10.1 Å². The van der Waals surface area contributed by atoms with Gasteiger partial charge in [0.15, 0.2) is 0 Å². The van der Waals surface area contributed by atoms with Crippen LogP contribution in [-0.4, -0.2) is 22.6 Å². The van der Waals surface area contributed by atoms with E-state index >= 15 is 0 Å². The monoisotopic (exact) mass is 193 g/mol. The van der Waals surface area contributed by atoms with Crippen molar-refractivity contribution in [3.05, 3.63) is 12.3 Å². The molecule has 0 spiro atoms. The van der Waals surface area contributed by atoms with Gasteiger partial charge in [-0.3, -0.25) is 0 Å². The van der Waals surface area contributed by atoms with Crippen molar-refractivity contribution >= 4 is 5.95 Å². The molecule has 1 heterocycles. The van der Waals surface area contributed by atoms with E-state index in [2.05, 4.69) is 22.2 Å². The maximum Gasteiger partial charge on any atom is 0.226 e. The molecule has 1 aromatic heterocycles. The zero-order chi connectivity index (χ0) is 10.0. The molecule has 4 heteroatoms. The molecule has 2 rings (SSSR count). The van der Waals surface area contributed by atoms with E-state index in [1.165, 1.54) is 19.3 Å². The van der Waals surface area contributed by atoms with E-state index in [1.807, 2.05) is 0 Å². The molecule has 0 unspecified atom stereocenters. The van der Waals surface area contributed by atoms with Crippen LogP contribution >= 0.6 is 0 Å². The Bertz CT molecular complexity index is 323. The number of nitrogens with zero attached hydrogens (tertiary/aromatic N) is 2. The predicted octanol–water partition coefficient (Wildman–Crippen LogP) is 1.84. The van der Waals surface area contributed by atoms with Crippen LogP contribution in [0, 0.1) is 0 Å².